The Morgan fingerprint density at radius 1 is 0.886 bits per heavy atom. The van der Waals surface area contributed by atoms with E-state index < -0.39 is 6.04 Å². The highest BCUT2D eigenvalue weighted by atomic mass is 127. The van der Waals surface area contributed by atoms with Gasteiger partial charge in [0.25, 0.3) is 11.8 Å². The number of likely N-dealkylation sites (tertiary alicyclic amines) is 1. The van der Waals surface area contributed by atoms with Crippen LogP contribution in [-0.4, -0.2) is 44.9 Å². The van der Waals surface area contributed by atoms with Crippen molar-refractivity contribution in [1.29, 1.82) is 0 Å². The fraction of sp³-hybridized carbons (Fsp3) is 0.321. The molecule has 6 nitrogen and oxygen atoms in total. The van der Waals surface area contributed by atoms with Gasteiger partial charge in [-0.15, -0.1) is 0 Å². The van der Waals surface area contributed by atoms with E-state index in [1.165, 1.54) is 11.1 Å². The summed E-state index contributed by atoms with van der Waals surface area (Å²) in [5, 5.41) is 2.10. The van der Waals surface area contributed by atoms with Crippen molar-refractivity contribution in [3.05, 3.63) is 77.4 Å². The lowest BCUT2D eigenvalue weighted by Crippen LogP contribution is -2.52. The van der Waals surface area contributed by atoms with Crippen LogP contribution in [0.15, 0.2) is 60.7 Å². The molecule has 7 heteroatoms. The average Bonchev–Trinajstić information content (AvgIpc) is 3.21. The smallest absolute Gasteiger partial charge is 0.261 e. The summed E-state index contributed by atoms with van der Waals surface area (Å²) in [5.41, 5.74) is 4.16. The molecule has 3 aromatic carbocycles. The van der Waals surface area contributed by atoms with E-state index in [0.29, 0.717) is 29.7 Å². The summed E-state index contributed by atoms with van der Waals surface area (Å²) in [7, 11) is 0. The van der Waals surface area contributed by atoms with E-state index in [1.807, 2.05) is 18.2 Å². The van der Waals surface area contributed by atoms with E-state index in [9.17, 15) is 14.4 Å². The lowest BCUT2D eigenvalue weighted by atomic mass is 9.95. The van der Waals surface area contributed by atoms with Gasteiger partial charge in [0, 0.05) is 37.0 Å². The topological polar surface area (TPSA) is 60.9 Å². The van der Waals surface area contributed by atoms with Crippen LogP contribution >= 0.6 is 22.9 Å². The second kappa shape index (κ2) is 7.86. The van der Waals surface area contributed by atoms with Gasteiger partial charge in [0.05, 0.1) is 28.6 Å². The molecular weight excluding hydrogens is 553 g/mol. The highest BCUT2D eigenvalue weighted by molar-refractivity contribution is 14.1. The number of nitrogens with zero attached hydrogens (tertiary/aromatic N) is 3. The van der Waals surface area contributed by atoms with Gasteiger partial charge in [0.1, 0.15) is 6.04 Å². The quantitative estimate of drug-likeness (QED) is 0.260. The molecular formula is C28H24IN3O3. The number of hydrogen-bond donors (Lipinski definition) is 0. The number of anilines is 1. The Morgan fingerprint density at radius 2 is 1.66 bits per heavy atom. The van der Waals surface area contributed by atoms with Crippen molar-refractivity contribution in [1.82, 2.24) is 8.01 Å². The van der Waals surface area contributed by atoms with Crippen molar-refractivity contribution in [3.8, 4) is 0 Å². The van der Waals surface area contributed by atoms with Crippen LogP contribution in [0.4, 0.5) is 5.69 Å². The molecule has 0 radical (unpaired) electrons. The van der Waals surface area contributed by atoms with E-state index in [2.05, 4.69) is 47.4 Å². The van der Waals surface area contributed by atoms with Crippen molar-refractivity contribution in [2.24, 2.45) is 11.8 Å². The minimum absolute atomic E-state index is 0.134. The van der Waals surface area contributed by atoms with Crippen molar-refractivity contribution in [3.63, 3.8) is 0 Å². The molecule has 176 valence electrons. The van der Waals surface area contributed by atoms with Gasteiger partial charge in [-0.1, -0.05) is 48.5 Å². The Labute approximate surface area is 217 Å². The minimum Gasteiger partial charge on any atom is -0.298 e. The van der Waals surface area contributed by atoms with Crippen LogP contribution in [-0.2, 0) is 16.1 Å². The highest BCUT2D eigenvalue weighted by Gasteiger charge is 2.56. The maximum atomic E-state index is 13.5. The second-order valence-corrected chi connectivity index (χ2v) is 11.1. The number of halogens is 1. The monoisotopic (exact) mass is 577 g/mol. The van der Waals surface area contributed by atoms with Crippen LogP contribution < -0.4 is 4.90 Å². The second-order valence-electron chi connectivity index (χ2n) is 10.2. The van der Waals surface area contributed by atoms with Gasteiger partial charge in [-0.2, -0.15) is 0 Å². The Balaban J connectivity index is 1.18. The number of imide groups is 1. The minimum atomic E-state index is -0.634. The summed E-state index contributed by atoms with van der Waals surface area (Å²) in [5.74, 6) is 1.19. The summed E-state index contributed by atoms with van der Waals surface area (Å²) in [6.07, 6.45) is 0.635. The molecule has 3 unspecified atom stereocenters. The number of amides is 3. The molecule has 3 amide bonds. The van der Waals surface area contributed by atoms with Gasteiger partial charge in [0.15, 0.2) is 0 Å². The first kappa shape index (κ1) is 21.5. The Morgan fingerprint density at radius 3 is 2.43 bits per heavy atom. The molecule has 1 aliphatic carbocycles. The predicted molar refractivity (Wildman–Crippen MR) is 141 cm³/mol. The fourth-order valence-electron chi connectivity index (χ4n) is 6.65. The van der Waals surface area contributed by atoms with Crippen molar-refractivity contribution >= 4 is 57.0 Å². The molecule has 4 aliphatic rings. The van der Waals surface area contributed by atoms with Gasteiger partial charge < -0.3 is 0 Å². The number of piperidine rings is 2. The zero-order chi connectivity index (χ0) is 23.8. The van der Waals surface area contributed by atoms with E-state index >= 15 is 0 Å². The molecule has 0 N–H and O–H groups in total. The van der Waals surface area contributed by atoms with Crippen molar-refractivity contribution in [2.75, 3.05) is 18.0 Å². The van der Waals surface area contributed by atoms with E-state index in [0.717, 1.165) is 39.2 Å². The number of hydrogen-bond acceptors (Lipinski definition) is 4. The average molecular weight is 577 g/mol. The Hall–Kier alpha value is -2.78. The SMILES string of the molecule is O=C1CCC(N2C(=O)c3ccc(C4C5CN(Cc6ccccc6)CC54)c4cccc2c34)C(=O)N1I. The molecule has 3 atom stereocenters. The Kier molecular flexibility index (Phi) is 4.83. The fourth-order valence-corrected chi connectivity index (χ4v) is 7.21. The maximum Gasteiger partial charge on any atom is 0.261 e. The first-order valence-electron chi connectivity index (χ1n) is 12.2. The molecule has 2 saturated heterocycles. The number of rotatable bonds is 4. The first-order valence-corrected chi connectivity index (χ1v) is 13.2. The largest absolute Gasteiger partial charge is 0.298 e. The normalized spacial score (nSPS) is 27.7. The van der Waals surface area contributed by atoms with Gasteiger partial charge in [-0.3, -0.25) is 24.2 Å². The van der Waals surface area contributed by atoms with Crippen LogP contribution in [0.3, 0.4) is 0 Å². The van der Waals surface area contributed by atoms with E-state index in [-0.39, 0.29) is 24.1 Å². The third kappa shape index (κ3) is 3.20. The molecule has 3 heterocycles. The van der Waals surface area contributed by atoms with Crippen LogP contribution in [0.1, 0.15) is 40.2 Å². The molecule has 35 heavy (non-hydrogen) atoms. The lowest BCUT2D eigenvalue weighted by Gasteiger charge is -2.33. The number of benzene rings is 3. The van der Waals surface area contributed by atoms with Crippen LogP contribution in [0, 0.1) is 11.8 Å². The summed E-state index contributed by atoms with van der Waals surface area (Å²) in [4.78, 5) is 42.6. The predicted octanol–water partition coefficient (Wildman–Crippen LogP) is 4.51. The van der Waals surface area contributed by atoms with Gasteiger partial charge in [-0.05, 0) is 52.8 Å². The zero-order valence-corrected chi connectivity index (χ0v) is 21.2. The molecule has 3 fully saturated rings. The number of carbonyl (C=O) groups is 3. The molecule has 0 aromatic heterocycles. The third-order valence-corrected chi connectivity index (χ3v) is 9.29. The number of fused-ring (bicyclic) bond motifs is 1. The molecule has 0 bridgehead atoms. The summed E-state index contributed by atoms with van der Waals surface area (Å²) < 4.78 is 1.14. The first-order chi connectivity index (χ1) is 17.0. The van der Waals surface area contributed by atoms with Crippen molar-refractivity contribution in [2.45, 2.75) is 31.3 Å². The molecule has 3 aromatic rings. The summed E-state index contributed by atoms with van der Waals surface area (Å²) in [6.45, 7) is 3.21. The highest BCUT2D eigenvalue weighted by Crippen LogP contribution is 2.60. The molecule has 0 spiro atoms. The number of carbonyl (C=O) groups excluding carboxylic acids is 3. The van der Waals surface area contributed by atoms with Crippen LogP contribution in [0.2, 0.25) is 0 Å². The van der Waals surface area contributed by atoms with Crippen LogP contribution in [0.25, 0.3) is 10.8 Å². The van der Waals surface area contributed by atoms with Gasteiger partial charge in [-0.25, -0.2) is 3.11 Å². The van der Waals surface area contributed by atoms with E-state index in [1.54, 1.807) is 27.8 Å². The summed E-state index contributed by atoms with van der Waals surface area (Å²) in [6, 6.07) is 20.2. The molecule has 3 aliphatic heterocycles. The molecule has 7 rings (SSSR count). The zero-order valence-electron chi connectivity index (χ0n) is 19.1. The summed E-state index contributed by atoms with van der Waals surface area (Å²) >= 11 is 1.76. The third-order valence-electron chi connectivity index (χ3n) is 8.28. The Bertz CT molecular complexity index is 1400. The van der Waals surface area contributed by atoms with Gasteiger partial charge >= 0.3 is 0 Å². The van der Waals surface area contributed by atoms with Gasteiger partial charge in [0.2, 0.25) is 5.91 Å². The van der Waals surface area contributed by atoms with Crippen molar-refractivity contribution < 1.29 is 14.4 Å². The van der Waals surface area contributed by atoms with E-state index in [4.69, 9.17) is 0 Å². The molecule has 1 saturated carbocycles. The lowest BCUT2D eigenvalue weighted by molar-refractivity contribution is -0.140. The standard InChI is InChI=1S/C28H24IN3O3/c29-32-24(33)12-11-23(28(32)35)31-22-8-4-7-17-18(9-10-19(26(17)22)27(31)34)25-20-14-30(15-21(20)25)13-16-5-2-1-3-6-16/h1-10,20-21,23,25H,11-15H2. The van der Waals surface area contributed by atoms with Crippen LogP contribution in [0.5, 0.6) is 0 Å². The maximum absolute atomic E-state index is 13.5.